The predicted octanol–water partition coefficient (Wildman–Crippen LogP) is 3.07. The van der Waals surface area contributed by atoms with E-state index in [0.29, 0.717) is 12.6 Å². The van der Waals surface area contributed by atoms with Gasteiger partial charge in [-0.05, 0) is 49.1 Å². The Morgan fingerprint density at radius 2 is 1.78 bits per heavy atom. The lowest BCUT2D eigenvalue weighted by Gasteiger charge is -2.18. The Morgan fingerprint density at radius 3 is 2.50 bits per heavy atom. The number of carbonyl (C=O) groups is 2. The summed E-state index contributed by atoms with van der Waals surface area (Å²) >= 11 is 0. The zero-order valence-electron chi connectivity index (χ0n) is 17.8. The molecule has 172 valence electrons. The molecule has 1 heterocycles. The third-order valence-corrected chi connectivity index (χ3v) is 5.53. The molecule has 2 aromatic carbocycles. The second-order valence-electron chi connectivity index (χ2n) is 7.91. The minimum atomic E-state index is -0.942. The number of nitrogens with zero attached hydrogens (tertiary/aromatic N) is 1. The molecule has 0 saturated carbocycles. The first-order valence-electron chi connectivity index (χ1n) is 10.6. The predicted molar refractivity (Wildman–Crippen MR) is 114 cm³/mol. The third kappa shape index (κ3) is 6.54. The molecule has 2 atom stereocenters. The van der Waals surface area contributed by atoms with Gasteiger partial charge >= 0.3 is 0 Å². The Morgan fingerprint density at radius 1 is 1.06 bits per heavy atom. The van der Waals surface area contributed by atoms with Crippen molar-refractivity contribution in [1.29, 1.82) is 0 Å². The van der Waals surface area contributed by atoms with E-state index in [1.807, 2.05) is 0 Å². The van der Waals surface area contributed by atoms with Crippen LogP contribution in [-0.4, -0.2) is 42.9 Å². The summed E-state index contributed by atoms with van der Waals surface area (Å²) in [6.45, 7) is 0.630. The van der Waals surface area contributed by atoms with Crippen LogP contribution in [0.1, 0.15) is 47.6 Å². The van der Waals surface area contributed by atoms with Crippen LogP contribution in [0.3, 0.4) is 0 Å². The zero-order valence-corrected chi connectivity index (χ0v) is 17.8. The van der Waals surface area contributed by atoms with Crippen LogP contribution >= 0.6 is 0 Å². The van der Waals surface area contributed by atoms with Gasteiger partial charge in [0.05, 0.1) is 5.56 Å². The van der Waals surface area contributed by atoms with E-state index in [1.54, 1.807) is 24.1 Å². The number of hydrogen-bond acceptors (Lipinski definition) is 4. The summed E-state index contributed by atoms with van der Waals surface area (Å²) in [6.07, 6.45) is 2.62. The van der Waals surface area contributed by atoms with Crippen molar-refractivity contribution >= 4 is 11.8 Å². The van der Waals surface area contributed by atoms with Gasteiger partial charge in [0, 0.05) is 44.7 Å². The highest BCUT2D eigenvalue weighted by molar-refractivity contribution is 5.94. The Labute approximate surface area is 185 Å². The highest BCUT2D eigenvalue weighted by atomic mass is 19.1. The summed E-state index contributed by atoms with van der Waals surface area (Å²) in [4.78, 5) is 25.8. The van der Waals surface area contributed by atoms with Gasteiger partial charge in [-0.15, -0.1) is 0 Å². The van der Waals surface area contributed by atoms with Crippen molar-refractivity contribution in [2.24, 2.45) is 0 Å². The van der Waals surface area contributed by atoms with Gasteiger partial charge in [-0.3, -0.25) is 20.4 Å². The molecular weight excluding hydrogens is 421 g/mol. The van der Waals surface area contributed by atoms with Gasteiger partial charge in [0.1, 0.15) is 17.5 Å². The molecule has 2 amide bonds. The molecule has 3 rings (SSSR count). The van der Waals surface area contributed by atoms with Crippen LogP contribution in [0.4, 0.5) is 13.2 Å². The molecule has 2 unspecified atom stereocenters. The summed E-state index contributed by atoms with van der Waals surface area (Å²) in [5.41, 5.74) is 7.23. The summed E-state index contributed by atoms with van der Waals surface area (Å²) in [5, 5.41) is 2.48. The van der Waals surface area contributed by atoms with Gasteiger partial charge in [-0.2, -0.15) is 0 Å². The van der Waals surface area contributed by atoms with Crippen LogP contribution in [0.2, 0.25) is 0 Å². The lowest BCUT2D eigenvalue weighted by atomic mass is 9.99. The van der Waals surface area contributed by atoms with Crippen LogP contribution < -0.4 is 16.2 Å². The van der Waals surface area contributed by atoms with Crippen LogP contribution in [0, 0.1) is 17.5 Å². The first-order chi connectivity index (χ1) is 15.3. The van der Waals surface area contributed by atoms with Gasteiger partial charge in [0.25, 0.3) is 5.91 Å². The number of nitrogens with one attached hydrogen (secondary N) is 3. The first kappa shape index (κ1) is 23.7. The van der Waals surface area contributed by atoms with E-state index in [0.717, 1.165) is 37.0 Å². The molecule has 3 N–H and O–H groups in total. The van der Waals surface area contributed by atoms with Crippen molar-refractivity contribution in [1.82, 2.24) is 21.1 Å². The van der Waals surface area contributed by atoms with E-state index in [4.69, 9.17) is 0 Å². The van der Waals surface area contributed by atoms with Crippen molar-refractivity contribution in [3.8, 4) is 0 Å². The fourth-order valence-corrected chi connectivity index (χ4v) is 3.67. The molecule has 0 bridgehead atoms. The van der Waals surface area contributed by atoms with E-state index >= 15 is 0 Å². The zero-order chi connectivity index (χ0) is 23.1. The largest absolute Gasteiger partial charge is 0.351 e. The smallest absolute Gasteiger partial charge is 0.254 e. The Balaban J connectivity index is 1.32. The van der Waals surface area contributed by atoms with Gasteiger partial charge < -0.3 is 10.2 Å². The average Bonchev–Trinajstić information content (AvgIpc) is 3.22. The van der Waals surface area contributed by atoms with E-state index in [9.17, 15) is 22.8 Å². The maximum Gasteiger partial charge on any atom is 0.254 e. The van der Waals surface area contributed by atoms with Crippen molar-refractivity contribution in [2.45, 2.75) is 37.8 Å². The molecule has 9 heteroatoms. The lowest BCUT2D eigenvalue weighted by Crippen LogP contribution is -2.34. The molecule has 6 nitrogen and oxygen atoms in total. The Bertz CT molecular complexity index is 939. The number of halogens is 3. The second kappa shape index (κ2) is 11.1. The van der Waals surface area contributed by atoms with Gasteiger partial charge in [0.2, 0.25) is 5.91 Å². The highest BCUT2D eigenvalue weighted by Gasteiger charge is 2.24. The quantitative estimate of drug-likeness (QED) is 0.551. The number of hydrazine groups is 1. The summed E-state index contributed by atoms with van der Waals surface area (Å²) < 4.78 is 39.6. The first-order valence-corrected chi connectivity index (χ1v) is 10.6. The Hall–Kier alpha value is -2.91. The minimum Gasteiger partial charge on any atom is -0.351 e. The fourth-order valence-electron chi connectivity index (χ4n) is 3.67. The maximum atomic E-state index is 13.6. The van der Waals surface area contributed by atoms with E-state index in [2.05, 4.69) is 16.2 Å². The number of hydrogen-bond donors (Lipinski definition) is 3. The monoisotopic (exact) mass is 448 g/mol. The lowest BCUT2D eigenvalue weighted by molar-refractivity contribution is -0.129. The molecule has 2 aromatic rings. The summed E-state index contributed by atoms with van der Waals surface area (Å²) in [6, 6.07) is 9.53. The molecule has 1 fully saturated rings. The van der Waals surface area contributed by atoms with Crippen molar-refractivity contribution < 1.29 is 22.8 Å². The minimum absolute atomic E-state index is 0.0618. The molecular formula is C23H27F3N4O2. The molecule has 1 saturated heterocycles. The molecule has 0 aliphatic carbocycles. The number of carbonyl (C=O) groups excluding carboxylic acids is 2. The summed E-state index contributed by atoms with van der Waals surface area (Å²) in [7, 11) is 1.70. The number of benzene rings is 2. The molecule has 1 aliphatic heterocycles. The van der Waals surface area contributed by atoms with Crippen LogP contribution in [0.5, 0.6) is 0 Å². The average molecular weight is 448 g/mol. The van der Waals surface area contributed by atoms with Crippen molar-refractivity contribution in [3.05, 3.63) is 71.0 Å². The van der Waals surface area contributed by atoms with Crippen molar-refractivity contribution in [3.63, 3.8) is 0 Å². The molecule has 1 aliphatic rings. The number of rotatable bonds is 9. The third-order valence-electron chi connectivity index (χ3n) is 5.53. The van der Waals surface area contributed by atoms with E-state index in [1.165, 1.54) is 12.1 Å². The van der Waals surface area contributed by atoms with Gasteiger partial charge in [-0.1, -0.05) is 12.1 Å². The standard InChI is InChI=1S/C23H27F3N4O2/c1-30(22(31)10-11-27-23(32)19-9-8-17(25)13-20(19)26)12-2-3-18-14-21(29-28-18)15-4-6-16(24)7-5-15/h4-9,13,18,21,28-29H,2-3,10-12,14H2,1H3,(H,27,32). The van der Waals surface area contributed by atoms with Crippen LogP contribution in [-0.2, 0) is 4.79 Å². The molecule has 32 heavy (non-hydrogen) atoms. The molecule has 0 radical (unpaired) electrons. The second-order valence-corrected chi connectivity index (χ2v) is 7.91. The van der Waals surface area contributed by atoms with Crippen LogP contribution in [0.25, 0.3) is 0 Å². The molecule has 0 aromatic heterocycles. The number of amides is 2. The van der Waals surface area contributed by atoms with Gasteiger partial charge in [0.15, 0.2) is 0 Å². The summed E-state index contributed by atoms with van der Waals surface area (Å²) in [5.74, 6) is -2.78. The van der Waals surface area contributed by atoms with E-state index < -0.39 is 17.5 Å². The van der Waals surface area contributed by atoms with E-state index in [-0.39, 0.29) is 42.3 Å². The molecule has 0 spiro atoms. The van der Waals surface area contributed by atoms with Crippen molar-refractivity contribution in [2.75, 3.05) is 20.1 Å². The Kier molecular flexibility index (Phi) is 8.24. The highest BCUT2D eigenvalue weighted by Crippen LogP contribution is 2.24. The van der Waals surface area contributed by atoms with Crippen LogP contribution in [0.15, 0.2) is 42.5 Å². The van der Waals surface area contributed by atoms with Gasteiger partial charge in [-0.25, -0.2) is 13.2 Å². The normalized spacial score (nSPS) is 17.9. The SMILES string of the molecule is CN(CCCC1CC(c2ccc(F)cc2)NN1)C(=O)CCNC(=O)c1ccc(F)cc1F. The topological polar surface area (TPSA) is 73.5 Å². The maximum absolute atomic E-state index is 13.6. The fraction of sp³-hybridized carbons (Fsp3) is 0.391.